The highest BCUT2D eigenvalue weighted by atomic mass is 35.5. The van der Waals surface area contributed by atoms with Gasteiger partial charge in [-0.05, 0) is 42.7 Å². The normalized spacial score (nSPS) is 14.7. The van der Waals surface area contributed by atoms with Crippen molar-refractivity contribution in [3.63, 3.8) is 0 Å². The number of aryl methyl sites for hydroxylation is 1. The number of aromatic nitrogens is 1. The molecule has 7 nitrogen and oxygen atoms in total. The number of pyridine rings is 1. The largest absolute Gasteiger partial charge is 0.495 e. The summed E-state index contributed by atoms with van der Waals surface area (Å²) in [5, 5.41) is 1.14. The molecule has 0 unspecified atom stereocenters. The average molecular weight is 456 g/mol. The molecule has 168 valence electrons. The predicted molar refractivity (Wildman–Crippen MR) is 123 cm³/mol. The van der Waals surface area contributed by atoms with Gasteiger partial charge in [0.25, 0.3) is 0 Å². The van der Waals surface area contributed by atoms with Gasteiger partial charge in [0, 0.05) is 56.6 Å². The van der Waals surface area contributed by atoms with Crippen LogP contribution in [0.5, 0.6) is 5.75 Å². The Morgan fingerprint density at radius 1 is 1.19 bits per heavy atom. The number of carbonyl (C=O) groups excluding carboxylic acids is 1. The lowest BCUT2D eigenvalue weighted by molar-refractivity contribution is -0.132. The molecule has 0 saturated carbocycles. The summed E-state index contributed by atoms with van der Waals surface area (Å²) in [7, 11) is 1.50. The van der Waals surface area contributed by atoms with Crippen molar-refractivity contribution in [2.24, 2.45) is 0 Å². The molecule has 4 rings (SSSR count). The van der Waals surface area contributed by atoms with Gasteiger partial charge >= 0.3 is 5.63 Å². The second-order valence-corrected chi connectivity index (χ2v) is 8.39. The Balaban J connectivity index is 1.40. The van der Waals surface area contributed by atoms with Gasteiger partial charge in [0.15, 0.2) is 0 Å². The zero-order chi connectivity index (χ0) is 22.7. The first kappa shape index (κ1) is 22.3. The smallest absolute Gasteiger partial charge is 0.340 e. The highest BCUT2D eigenvalue weighted by molar-refractivity contribution is 6.32. The van der Waals surface area contributed by atoms with Crippen molar-refractivity contribution in [3.05, 3.63) is 68.8 Å². The molecule has 2 aromatic heterocycles. The first-order valence-electron chi connectivity index (χ1n) is 10.6. The van der Waals surface area contributed by atoms with Crippen LogP contribution in [0.25, 0.3) is 11.0 Å². The van der Waals surface area contributed by atoms with Crippen LogP contribution in [0.3, 0.4) is 0 Å². The van der Waals surface area contributed by atoms with Gasteiger partial charge in [0.2, 0.25) is 5.91 Å². The molecule has 1 amide bonds. The zero-order valence-corrected chi connectivity index (χ0v) is 19.0. The number of amides is 1. The van der Waals surface area contributed by atoms with Crippen molar-refractivity contribution in [2.75, 3.05) is 39.8 Å². The number of rotatable bonds is 6. The highest BCUT2D eigenvalue weighted by Crippen LogP contribution is 2.31. The molecule has 1 fully saturated rings. The molecule has 0 bridgehead atoms. The lowest BCUT2D eigenvalue weighted by Crippen LogP contribution is -2.49. The molecule has 1 saturated heterocycles. The van der Waals surface area contributed by atoms with Gasteiger partial charge in [-0.2, -0.15) is 0 Å². The molecule has 3 heterocycles. The van der Waals surface area contributed by atoms with Gasteiger partial charge in [-0.1, -0.05) is 11.6 Å². The molecule has 0 atom stereocenters. The summed E-state index contributed by atoms with van der Waals surface area (Å²) in [6.07, 6.45) is 4.59. The third-order valence-corrected chi connectivity index (χ3v) is 6.37. The monoisotopic (exact) mass is 455 g/mol. The fourth-order valence-electron chi connectivity index (χ4n) is 4.07. The number of halogens is 1. The Morgan fingerprint density at radius 2 is 1.91 bits per heavy atom. The molecule has 0 radical (unpaired) electrons. The average Bonchev–Trinajstić information content (AvgIpc) is 2.81. The predicted octanol–water partition coefficient (Wildman–Crippen LogP) is 3.09. The van der Waals surface area contributed by atoms with Gasteiger partial charge in [0.05, 0.1) is 24.1 Å². The van der Waals surface area contributed by atoms with Crippen molar-refractivity contribution in [1.82, 2.24) is 14.8 Å². The fraction of sp³-hybridized carbons (Fsp3) is 0.375. The van der Waals surface area contributed by atoms with E-state index in [4.69, 9.17) is 20.8 Å². The van der Waals surface area contributed by atoms with Gasteiger partial charge in [-0.15, -0.1) is 0 Å². The molecule has 0 N–H and O–H groups in total. The van der Waals surface area contributed by atoms with Crippen LogP contribution in [0, 0.1) is 6.92 Å². The third-order valence-electron chi connectivity index (χ3n) is 6.08. The highest BCUT2D eigenvalue weighted by Gasteiger charge is 2.24. The summed E-state index contributed by atoms with van der Waals surface area (Å²) in [4.78, 5) is 33.8. The number of benzene rings is 1. The van der Waals surface area contributed by atoms with E-state index in [1.165, 1.54) is 12.7 Å². The van der Waals surface area contributed by atoms with Crippen molar-refractivity contribution < 1.29 is 13.9 Å². The lowest BCUT2D eigenvalue weighted by Gasteiger charge is -2.34. The summed E-state index contributed by atoms with van der Waals surface area (Å²) in [6.45, 7) is 5.70. The molecule has 1 aliphatic rings. The summed E-state index contributed by atoms with van der Waals surface area (Å²) in [5.74, 6) is 0.375. The molecular weight excluding hydrogens is 430 g/mol. The van der Waals surface area contributed by atoms with Crippen LogP contribution in [0.15, 0.2) is 45.9 Å². The summed E-state index contributed by atoms with van der Waals surface area (Å²) < 4.78 is 10.7. The second kappa shape index (κ2) is 9.71. The number of hydrogen-bond donors (Lipinski definition) is 0. The Hall–Kier alpha value is -2.90. The van der Waals surface area contributed by atoms with Gasteiger partial charge in [-0.3, -0.25) is 14.7 Å². The van der Waals surface area contributed by atoms with E-state index in [-0.39, 0.29) is 12.3 Å². The van der Waals surface area contributed by atoms with Crippen LogP contribution in [-0.2, 0) is 17.6 Å². The van der Waals surface area contributed by atoms with Crippen LogP contribution in [0.1, 0.15) is 16.7 Å². The Labute approximate surface area is 191 Å². The SMILES string of the molecule is COc1cc2oc(=O)c(CC(=O)N3CCN(CCc4ccncc4)CC3)c(C)c2cc1Cl. The van der Waals surface area contributed by atoms with E-state index in [1.807, 2.05) is 36.4 Å². The van der Waals surface area contributed by atoms with Crippen LogP contribution in [0.2, 0.25) is 5.02 Å². The Kier molecular flexibility index (Phi) is 6.77. The Morgan fingerprint density at radius 3 is 2.59 bits per heavy atom. The van der Waals surface area contributed by atoms with E-state index in [2.05, 4.69) is 9.88 Å². The molecule has 3 aromatic rings. The van der Waals surface area contributed by atoms with Crippen molar-refractivity contribution in [1.29, 1.82) is 0 Å². The minimum atomic E-state index is -0.497. The topological polar surface area (TPSA) is 75.9 Å². The quantitative estimate of drug-likeness (QED) is 0.532. The van der Waals surface area contributed by atoms with Crippen LogP contribution in [0.4, 0.5) is 0 Å². The van der Waals surface area contributed by atoms with E-state index in [9.17, 15) is 9.59 Å². The van der Waals surface area contributed by atoms with E-state index in [0.29, 0.717) is 46.0 Å². The minimum absolute atomic E-state index is 0.0186. The van der Waals surface area contributed by atoms with Crippen LogP contribution >= 0.6 is 11.6 Å². The standard InChI is InChI=1S/C24H26ClN3O4/c1-16-18-13-20(25)22(31-2)15-21(18)32-24(30)19(16)14-23(29)28-11-9-27(10-12-28)8-5-17-3-6-26-7-4-17/h3-4,6-7,13,15H,5,8-12,14H2,1-2H3. The maximum Gasteiger partial charge on any atom is 0.340 e. The first-order valence-corrected chi connectivity index (χ1v) is 11.0. The minimum Gasteiger partial charge on any atom is -0.495 e. The number of hydrogen-bond acceptors (Lipinski definition) is 6. The lowest BCUT2D eigenvalue weighted by atomic mass is 10.0. The summed E-state index contributed by atoms with van der Waals surface area (Å²) >= 11 is 6.25. The first-order chi connectivity index (χ1) is 15.5. The fourth-order valence-corrected chi connectivity index (χ4v) is 4.31. The molecule has 1 aromatic carbocycles. The van der Waals surface area contributed by atoms with Crippen molar-refractivity contribution in [3.8, 4) is 5.75 Å². The van der Waals surface area contributed by atoms with Crippen LogP contribution < -0.4 is 10.4 Å². The molecule has 32 heavy (non-hydrogen) atoms. The Bertz CT molecular complexity index is 1170. The maximum absolute atomic E-state index is 12.9. The third kappa shape index (κ3) is 4.79. The van der Waals surface area contributed by atoms with Gasteiger partial charge < -0.3 is 14.1 Å². The summed E-state index contributed by atoms with van der Waals surface area (Å²) in [6, 6.07) is 7.37. The van der Waals surface area contributed by atoms with Gasteiger partial charge in [-0.25, -0.2) is 4.79 Å². The zero-order valence-electron chi connectivity index (χ0n) is 18.3. The molecular formula is C24H26ClN3O4. The van der Waals surface area contributed by atoms with Crippen LogP contribution in [-0.4, -0.2) is 60.5 Å². The molecule has 1 aliphatic heterocycles. The number of methoxy groups -OCH3 is 1. The van der Waals surface area contributed by atoms with Crippen molar-refractivity contribution in [2.45, 2.75) is 19.8 Å². The molecule has 0 spiro atoms. The number of carbonyl (C=O) groups is 1. The summed E-state index contributed by atoms with van der Waals surface area (Å²) in [5.41, 5.74) is 2.25. The van der Waals surface area contributed by atoms with E-state index >= 15 is 0 Å². The van der Waals surface area contributed by atoms with E-state index in [1.54, 1.807) is 12.1 Å². The maximum atomic E-state index is 12.9. The molecule has 8 heteroatoms. The van der Waals surface area contributed by atoms with Gasteiger partial charge in [0.1, 0.15) is 11.3 Å². The van der Waals surface area contributed by atoms with E-state index < -0.39 is 5.63 Å². The number of fused-ring (bicyclic) bond motifs is 1. The number of ether oxygens (including phenoxy) is 1. The number of nitrogens with zero attached hydrogens (tertiary/aromatic N) is 3. The van der Waals surface area contributed by atoms with E-state index in [0.717, 1.165) is 26.1 Å². The number of piperazine rings is 1. The molecule has 0 aliphatic carbocycles. The van der Waals surface area contributed by atoms with Crippen molar-refractivity contribution >= 4 is 28.5 Å². The second-order valence-electron chi connectivity index (χ2n) is 7.98.